The minimum absolute atomic E-state index is 0.0878. The van der Waals surface area contributed by atoms with Crippen LogP contribution in [0.25, 0.3) is 50.1 Å². The van der Waals surface area contributed by atoms with Crippen LogP contribution in [-0.2, 0) is 17.8 Å². The number of carbonyl (C=O) groups excluding carboxylic acids is 1. The monoisotopic (exact) mass is 953 g/mol. The van der Waals surface area contributed by atoms with E-state index in [2.05, 4.69) is 63.5 Å². The molecule has 0 fully saturated rings. The van der Waals surface area contributed by atoms with Crippen LogP contribution in [0, 0.1) is 0 Å². The number of nitrogens with zero attached hydrogens (tertiary/aromatic N) is 13. The average Bonchev–Trinajstić information content (AvgIpc) is 4.23. The highest BCUT2D eigenvalue weighted by Gasteiger charge is 2.20. The number of nitrogens with two attached hydrogens (primary N) is 1. The third-order valence-corrected chi connectivity index (χ3v) is 12.7. The van der Waals surface area contributed by atoms with Crippen molar-refractivity contribution >= 4 is 68.1 Å². The number of anilines is 1. The Morgan fingerprint density at radius 2 is 1.69 bits per heavy atom. The van der Waals surface area contributed by atoms with Crippen LogP contribution in [0.5, 0.6) is 0 Å². The van der Waals surface area contributed by atoms with Gasteiger partial charge in [0.15, 0.2) is 27.8 Å². The maximum Gasteiger partial charge on any atom is 0.301 e. The van der Waals surface area contributed by atoms with Gasteiger partial charge in [0.25, 0.3) is 5.91 Å². The van der Waals surface area contributed by atoms with Crippen LogP contribution in [0.4, 0.5) is 16.6 Å². The predicted molar refractivity (Wildman–Crippen MR) is 259 cm³/mol. The van der Waals surface area contributed by atoms with Crippen molar-refractivity contribution in [3.63, 3.8) is 0 Å². The van der Waals surface area contributed by atoms with Crippen LogP contribution in [0.1, 0.15) is 28.6 Å². The van der Waals surface area contributed by atoms with E-state index in [0.29, 0.717) is 70.6 Å². The van der Waals surface area contributed by atoms with E-state index in [0.717, 1.165) is 57.2 Å². The fourth-order valence-electron chi connectivity index (χ4n) is 6.67. The molecule has 1 amide bonds. The van der Waals surface area contributed by atoms with E-state index in [1.165, 1.54) is 22.2 Å². The largest absolute Gasteiger partial charge is 0.378 e. The van der Waals surface area contributed by atoms with Gasteiger partial charge in [0.2, 0.25) is 10.3 Å². The molecule has 23 heteroatoms. The quantitative estimate of drug-likeness (QED) is 0.0245. The zero-order chi connectivity index (χ0) is 46.0. The van der Waals surface area contributed by atoms with Crippen LogP contribution in [-0.4, -0.2) is 104 Å². The molecule has 67 heavy (non-hydrogen) atoms. The van der Waals surface area contributed by atoms with Crippen molar-refractivity contribution in [2.45, 2.75) is 31.6 Å². The van der Waals surface area contributed by atoms with Gasteiger partial charge in [-0.15, -0.1) is 31.8 Å². The van der Waals surface area contributed by atoms with Crippen molar-refractivity contribution in [2.24, 2.45) is 16.0 Å². The molecule has 6 heterocycles. The van der Waals surface area contributed by atoms with E-state index in [1.54, 1.807) is 21.1 Å². The highest BCUT2D eigenvalue weighted by molar-refractivity contribution is 7.99. The minimum Gasteiger partial charge on any atom is -0.378 e. The second-order valence-corrected chi connectivity index (χ2v) is 17.6. The van der Waals surface area contributed by atoms with Gasteiger partial charge in [-0.1, -0.05) is 125 Å². The van der Waals surface area contributed by atoms with Crippen LogP contribution in [0.2, 0.25) is 0 Å². The number of fused-ring (bicyclic) bond motifs is 1. The first-order valence-corrected chi connectivity index (χ1v) is 23.9. The first-order valence-electron chi connectivity index (χ1n) is 21.3. The van der Waals surface area contributed by atoms with Crippen molar-refractivity contribution in [1.82, 2.24) is 65.0 Å². The smallest absolute Gasteiger partial charge is 0.301 e. The Balaban J connectivity index is 0.750. The number of H-pyrrole nitrogens is 1. The van der Waals surface area contributed by atoms with Gasteiger partial charge in [0.1, 0.15) is 10.6 Å². The number of thioether (sulfide) groups is 1. The number of azo groups is 1. The lowest BCUT2D eigenvalue weighted by atomic mass is 10.1. The van der Waals surface area contributed by atoms with Gasteiger partial charge in [-0.25, -0.2) is 29.3 Å². The highest BCUT2D eigenvalue weighted by atomic mass is 32.2. The average molecular weight is 954 g/mol. The third-order valence-electron chi connectivity index (χ3n) is 9.97. The molecule has 0 spiro atoms. The molecule has 3 aromatic carbocycles. The molecule has 20 nitrogen and oxygen atoms in total. The summed E-state index contributed by atoms with van der Waals surface area (Å²) in [7, 11) is 0. The molecule has 0 saturated carbocycles. The second kappa shape index (κ2) is 21.3. The minimum atomic E-state index is -0.422. The molecule has 6 aromatic heterocycles. The summed E-state index contributed by atoms with van der Waals surface area (Å²) in [6, 6.07) is 27.1. The summed E-state index contributed by atoms with van der Waals surface area (Å²) in [5.41, 5.74) is 12.2. The number of rotatable bonds is 21. The molecule has 0 aliphatic carbocycles. The third kappa shape index (κ3) is 10.7. The lowest BCUT2D eigenvalue weighted by Crippen LogP contribution is -2.27. The molecule has 0 bridgehead atoms. The number of aromatic amines is 1. The number of ether oxygens (including phenoxy) is 1. The van der Waals surface area contributed by atoms with Gasteiger partial charge in [0, 0.05) is 47.5 Å². The number of carbonyl (C=O) groups is 1. The van der Waals surface area contributed by atoms with E-state index in [-0.39, 0.29) is 29.9 Å². The fraction of sp³-hybridized carbons (Fsp3) is 0.227. The van der Waals surface area contributed by atoms with Crippen LogP contribution in [0.3, 0.4) is 0 Å². The molecule has 5 N–H and O–H groups in total. The SMILES string of the molecule is CCCSc1nc(NCCN)c2nnn(Cc3ccc(-c4cn(CCOCCNC(=O)c5cnc(N=Nc6c(-c7ccccc7)[nH]n(-c7nc(-c8ccccc8)cs7)c6=O)s5)nn4)cc3)c2n1. The number of thiazole rings is 2. The van der Waals surface area contributed by atoms with E-state index in [1.807, 2.05) is 96.5 Å². The van der Waals surface area contributed by atoms with E-state index in [4.69, 9.17) is 20.4 Å². The summed E-state index contributed by atoms with van der Waals surface area (Å²) in [5, 5.41) is 38.4. The van der Waals surface area contributed by atoms with Gasteiger partial charge >= 0.3 is 5.56 Å². The molecule has 0 radical (unpaired) electrons. The first-order chi connectivity index (χ1) is 32.9. The lowest BCUT2D eigenvalue weighted by molar-refractivity contribution is 0.0909. The number of nitrogens with one attached hydrogen (secondary N) is 3. The fourth-order valence-corrected chi connectivity index (χ4v) is 8.81. The van der Waals surface area contributed by atoms with Crippen molar-refractivity contribution < 1.29 is 9.53 Å². The Morgan fingerprint density at radius 3 is 2.48 bits per heavy atom. The molecule has 0 unspecified atom stereocenters. The lowest BCUT2D eigenvalue weighted by Gasteiger charge is -2.08. The molecule has 340 valence electrons. The van der Waals surface area contributed by atoms with Gasteiger partial charge in [-0.3, -0.25) is 14.7 Å². The van der Waals surface area contributed by atoms with Crippen molar-refractivity contribution in [1.29, 1.82) is 0 Å². The molecule has 0 aliphatic heterocycles. The number of amides is 1. The van der Waals surface area contributed by atoms with Crippen LogP contribution >= 0.6 is 34.4 Å². The molecule has 0 saturated heterocycles. The summed E-state index contributed by atoms with van der Waals surface area (Å²) in [5.74, 6) is 1.21. The van der Waals surface area contributed by atoms with Crippen LogP contribution < -0.4 is 21.9 Å². The van der Waals surface area contributed by atoms with Gasteiger partial charge in [-0.2, -0.15) is 4.68 Å². The zero-order valence-electron chi connectivity index (χ0n) is 36.0. The number of hydrogen-bond donors (Lipinski definition) is 4. The van der Waals surface area contributed by atoms with E-state index >= 15 is 0 Å². The standard InChI is InChI=1S/C44H43N17O3S3/c1-2-23-65-43-50-38(46-18-17-45)37-39(51-43)60(58-54-37)25-28-13-15-30(16-14-28)32-26-59(57-52-32)20-22-64-21-19-47-40(62)34-24-48-42(67-34)55-53-36-35(31-11-7-4-8-12-31)56-61(41(36)63)44-49-33(27-66-44)29-9-5-3-6-10-29/h3-16,24,26-27,56H,2,17-23,25,45H2,1H3,(H,47,62)(H,46,50,51). The molecular weight excluding hydrogens is 911 g/mol. The van der Waals surface area contributed by atoms with E-state index in [9.17, 15) is 9.59 Å². The Labute approximate surface area is 394 Å². The van der Waals surface area contributed by atoms with Crippen molar-refractivity contribution in [3.05, 3.63) is 123 Å². The molecule has 0 aliphatic rings. The first kappa shape index (κ1) is 44.9. The van der Waals surface area contributed by atoms with Gasteiger partial charge in [-0.05, 0) is 12.0 Å². The van der Waals surface area contributed by atoms with E-state index < -0.39 is 5.56 Å². The Hall–Kier alpha value is -7.31. The van der Waals surface area contributed by atoms with Crippen molar-refractivity contribution in [3.8, 4) is 38.9 Å². The maximum atomic E-state index is 13.7. The molecule has 9 aromatic rings. The zero-order valence-corrected chi connectivity index (χ0v) is 38.5. The van der Waals surface area contributed by atoms with Crippen LogP contribution in [0.15, 0.2) is 123 Å². The van der Waals surface area contributed by atoms with Gasteiger partial charge < -0.3 is 21.1 Å². The van der Waals surface area contributed by atoms with Gasteiger partial charge in [0.05, 0.1) is 50.1 Å². The number of benzene rings is 3. The highest BCUT2D eigenvalue weighted by Crippen LogP contribution is 2.31. The maximum absolute atomic E-state index is 13.7. The second-order valence-electron chi connectivity index (χ2n) is 14.7. The Kier molecular flexibility index (Phi) is 14.3. The summed E-state index contributed by atoms with van der Waals surface area (Å²) in [4.78, 5) is 45.4. The topological polar surface area (TPSA) is 252 Å². The number of aromatic nitrogens is 12. The predicted octanol–water partition coefficient (Wildman–Crippen LogP) is 6.99. The molecule has 0 atom stereocenters. The molecule has 9 rings (SSSR count). The van der Waals surface area contributed by atoms with Crippen molar-refractivity contribution in [2.75, 3.05) is 43.9 Å². The Morgan fingerprint density at radius 1 is 0.896 bits per heavy atom. The summed E-state index contributed by atoms with van der Waals surface area (Å²) >= 11 is 3.98. The summed E-state index contributed by atoms with van der Waals surface area (Å²) < 4.78 is 10.6. The Bertz CT molecular complexity index is 3160. The normalized spacial score (nSPS) is 11.6. The number of hydrogen-bond acceptors (Lipinski definition) is 18. The summed E-state index contributed by atoms with van der Waals surface area (Å²) in [6.45, 7) is 5.03. The molecular formula is C44H43N17O3S3. The summed E-state index contributed by atoms with van der Waals surface area (Å²) in [6.07, 6.45) is 4.30.